The molecule has 212 valence electrons. The first-order chi connectivity index (χ1) is 19.2. The van der Waals surface area contributed by atoms with Gasteiger partial charge in [-0.3, -0.25) is 14.7 Å². The summed E-state index contributed by atoms with van der Waals surface area (Å²) in [5.74, 6) is 0.326. The Morgan fingerprint density at radius 3 is 2.83 bits per heavy atom. The van der Waals surface area contributed by atoms with Crippen LogP contribution < -0.4 is 16.4 Å². The lowest BCUT2D eigenvalue weighted by molar-refractivity contribution is 0.0893. The van der Waals surface area contributed by atoms with Crippen molar-refractivity contribution in [2.45, 2.75) is 52.1 Å². The standard InChI is InChI=1S/C28H37N9O3/c1-5-30-16-20(15-29)32-27-31-10-8-22(34-27)18-6-7-21-19(14-18)17-37(12-13-38)11-9-23(21)33-24(39)25-35-36-26(40-25)28(2,3)4/h6-8,10,14-16,23,38H,5,9,11-13,17,29H2,1-4H3,(H,33,39)(H,31,32,34). The fourth-order valence-electron chi connectivity index (χ4n) is 4.36. The van der Waals surface area contributed by atoms with Gasteiger partial charge in [0.1, 0.15) is 0 Å². The predicted molar refractivity (Wildman–Crippen MR) is 153 cm³/mol. The van der Waals surface area contributed by atoms with Crippen LogP contribution in [0.15, 0.2) is 51.8 Å². The second kappa shape index (κ2) is 12.8. The van der Waals surface area contributed by atoms with Crippen LogP contribution in [-0.2, 0) is 12.0 Å². The number of hydrogen-bond acceptors (Lipinski definition) is 11. The first-order valence-corrected chi connectivity index (χ1v) is 13.3. The molecule has 1 aliphatic rings. The number of carbonyl (C=O) groups is 1. The molecule has 1 aliphatic heterocycles. The van der Waals surface area contributed by atoms with Gasteiger partial charge in [0.15, 0.2) is 0 Å². The van der Waals surface area contributed by atoms with Crippen LogP contribution in [0.3, 0.4) is 0 Å². The molecule has 0 spiro atoms. The predicted octanol–water partition coefficient (Wildman–Crippen LogP) is 2.80. The van der Waals surface area contributed by atoms with Gasteiger partial charge in [-0.2, -0.15) is 0 Å². The molecule has 12 nitrogen and oxygen atoms in total. The quantitative estimate of drug-likeness (QED) is 0.292. The molecule has 3 aromatic rings. The van der Waals surface area contributed by atoms with E-state index in [0.29, 0.717) is 50.1 Å². The Hall–Kier alpha value is -4.16. The number of nitrogens with two attached hydrogens (primary N) is 1. The van der Waals surface area contributed by atoms with E-state index >= 15 is 0 Å². The van der Waals surface area contributed by atoms with Gasteiger partial charge in [-0.1, -0.05) is 32.9 Å². The van der Waals surface area contributed by atoms with Crippen molar-refractivity contribution >= 4 is 18.1 Å². The van der Waals surface area contributed by atoms with Crippen molar-refractivity contribution in [1.29, 1.82) is 0 Å². The van der Waals surface area contributed by atoms with E-state index in [1.807, 2.05) is 45.9 Å². The van der Waals surface area contributed by atoms with E-state index < -0.39 is 5.91 Å². The van der Waals surface area contributed by atoms with Crippen molar-refractivity contribution in [2.75, 3.05) is 31.6 Å². The number of anilines is 1. The van der Waals surface area contributed by atoms with Crippen LogP contribution in [0.2, 0.25) is 0 Å². The summed E-state index contributed by atoms with van der Waals surface area (Å²) in [6, 6.07) is 7.62. The van der Waals surface area contributed by atoms with Crippen LogP contribution in [-0.4, -0.2) is 68.5 Å². The number of aliphatic imine (C=N–C) groups is 1. The normalized spacial score (nSPS) is 16.5. The minimum atomic E-state index is -0.416. The zero-order valence-electron chi connectivity index (χ0n) is 23.4. The molecule has 5 N–H and O–H groups in total. The minimum Gasteiger partial charge on any atom is -0.416 e. The topological polar surface area (TPSA) is 168 Å². The zero-order chi connectivity index (χ0) is 28.7. The average molecular weight is 548 g/mol. The van der Waals surface area contributed by atoms with Gasteiger partial charge in [0.2, 0.25) is 11.8 Å². The largest absolute Gasteiger partial charge is 0.416 e. The van der Waals surface area contributed by atoms with Crippen molar-refractivity contribution in [2.24, 2.45) is 10.7 Å². The maximum absolute atomic E-state index is 13.1. The van der Waals surface area contributed by atoms with Crippen LogP contribution in [0.25, 0.3) is 11.3 Å². The van der Waals surface area contributed by atoms with E-state index in [1.54, 1.807) is 12.4 Å². The number of allylic oxidation sites excluding steroid dienone is 1. The van der Waals surface area contributed by atoms with Gasteiger partial charge in [0, 0.05) is 55.8 Å². The molecule has 0 saturated heterocycles. The van der Waals surface area contributed by atoms with Crippen molar-refractivity contribution < 1.29 is 14.3 Å². The Morgan fingerprint density at radius 2 is 2.12 bits per heavy atom. The molecule has 0 fully saturated rings. The number of carbonyl (C=O) groups excluding carboxylic acids is 1. The molecular formula is C28H37N9O3. The number of nitrogens with one attached hydrogen (secondary N) is 2. The van der Waals surface area contributed by atoms with E-state index in [9.17, 15) is 9.90 Å². The summed E-state index contributed by atoms with van der Waals surface area (Å²) in [4.78, 5) is 28.4. The number of aliphatic hydroxyl groups is 1. The van der Waals surface area contributed by atoms with Crippen molar-refractivity contribution in [3.8, 4) is 11.3 Å². The summed E-state index contributed by atoms with van der Waals surface area (Å²) in [5.41, 5.74) is 9.58. The molecule has 0 saturated carbocycles. The molecule has 40 heavy (non-hydrogen) atoms. The minimum absolute atomic E-state index is 0.0445. The van der Waals surface area contributed by atoms with Crippen molar-refractivity contribution in [3.05, 3.63) is 65.3 Å². The number of aromatic nitrogens is 4. The molecule has 1 amide bonds. The Kier molecular flexibility index (Phi) is 9.22. The monoisotopic (exact) mass is 547 g/mol. The van der Waals surface area contributed by atoms with Gasteiger partial charge < -0.3 is 25.9 Å². The summed E-state index contributed by atoms with van der Waals surface area (Å²) in [6.07, 6.45) is 5.40. The number of fused-ring (bicyclic) bond motifs is 1. The maximum Gasteiger partial charge on any atom is 0.309 e. The summed E-state index contributed by atoms with van der Waals surface area (Å²) < 4.78 is 5.66. The number of benzene rings is 1. The van der Waals surface area contributed by atoms with Gasteiger partial charge in [0.25, 0.3) is 0 Å². The van der Waals surface area contributed by atoms with Crippen LogP contribution >= 0.6 is 0 Å². The Balaban J connectivity index is 1.61. The first kappa shape index (κ1) is 28.8. The second-order valence-corrected chi connectivity index (χ2v) is 10.5. The van der Waals surface area contributed by atoms with Crippen LogP contribution in [0.1, 0.15) is 67.9 Å². The molecule has 1 unspecified atom stereocenters. The molecule has 0 bridgehead atoms. The van der Waals surface area contributed by atoms with E-state index in [2.05, 4.69) is 46.8 Å². The second-order valence-electron chi connectivity index (χ2n) is 10.5. The zero-order valence-corrected chi connectivity index (χ0v) is 23.4. The number of amides is 1. The van der Waals surface area contributed by atoms with E-state index in [4.69, 9.17) is 10.2 Å². The average Bonchev–Trinajstić information content (AvgIpc) is 3.39. The number of rotatable bonds is 9. The molecule has 1 aromatic carbocycles. The van der Waals surface area contributed by atoms with Crippen LogP contribution in [0, 0.1) is 0 Å². The van der Waals surface area contributed by atoms with Gasteiger partial charge in [-0.25, -0.2) is 9.97 Å². The fourth-order valence-corrected chi connectivity index (χ4v) is 4.36. The molecule has 12 heteroatoms. The Labute approximate surface area is 233 Å². The highest BCUT2D eigenvalue weighted by Crippen LogP contribution is 2.31. The van der Waals surface area contributed by atoms with E-state index in [-0.39, 0.29) is 24.0 Å². The lowest BCUT2D eigenvalue weighted by Gasteiger charge is -2.19. The third-order valence-electron chi connectivity index (χ3n) is 6.43. The summed E-state index contributed by atoms with van der Waals surface area (Å²) >= 11 is 0. The van der Waals surface area contributed by atoms with Crippen LogP contribution in [0.4, 0.5) is 5.95 Å². The number of nitrogens with zero attached hydrogens (tertiary/aromatic N) is 6. The smallest absolute Gasteiger partial charge is 0.309 e. The molecule has 0 aliphatic carbocycles. The highest BCUT2D eigenvalue weighted by atomic mass is 16.4. The van der Waals surface area contributed by atoms with Crippen LogP contribution in [0.5, 0.6) is 0 Å². The van der Waals surface area contributed by atoms with Gasteiger partial charge in [0.05, 0.1) is 24.0 Å². The van der Waals surface area contributed by atoms with Crippen molar-refractivity contribution in [3.63, 3.8) is 0 Å². The highest BCUT2D eigenvalue weighted by molar-refractivity contribution is 5.89. The van der Waals surface area contributed by atoms with Gasteiger partial charge in [-0.15, -0.1) is 10.2 Å². The third-order valence-corrected chi connectivity index (χ3v) is 6.43. The third kappa shape index (κ3) is 7.07. The van der Waals surface area contributed by atoms with E-state index in [1.165, 1.54) is 6.20 Å². The number of aliphatic hydroxyl groups excluding tert-OH is 1. The van der Waals surface area contributed by atoms with Crippen molar-refractivity contribution in [1.82, 2.24) is 30.4 Å². The molecule has 4 rings (SSSR count). The van der Waals surface area contributed by atoms with Gasteiger partial charge >= 0.3 is 11.8 Å². The summed E-state index contributed by atoms with van der Waals surface area (Å²) in [7, 11) is 0. The first-order valence-electron chi connectivity index (χ1n) is 13.3. The molecule has 0 radical (unpaired) electrons. The maximum atomic E-state index is 13.1. The van der Waals surface area contributed by atoms with E-state index in [0.717, 1.165) is 22.4 Å². The Morgan fingerprint density at radius 1 is 1.30 bits per heavy atom. The summed E-state index contributed by atoms with van der Waals surface area (Å²) in [5, 5.41) is 23.8. The van der Waals surface area contributed by atoms with Gasteiger partial charge in [-0.05, 0) is 36.6 Å². The lowest BCUT2D eigenvalue weighted by atomic mass is 9.96. The number of β-amino-alcohol motifs (C(OH)–C–C–N with tert-alkyl or cyclic N) is 1. The Bertz CT molecular complexity index is 1380. The number of hydrogen-bond donors (Lipinski definition) is 4. The summed E-state index contributed by atoms with van der Waals surface area (Å²) in [6.45, 7) is 10.3. The molecule has 3 heterocycles. The lowest BCUT2D eigenvalue weighted by Crippen LogP contribution is -2.31. The fraction of sp³-hybridized carbons (Fsp3) is 0.429. The molecule has 1 atom stereocenters. The molecular weight excluding hydrogens is 510 g/mol. The molecule has 2 aromatic heterocycles. The SMILES string of the molecule is CCN=CC(=CN)Nc1nccc(-c2ccc3c(c2)CN(CCO)CCC3NC(=O)c2nnc(C(C)(C)C)o2)n1. The highest BCUT2D eigenvalue weighted by Gasteiger charge is 2.28.